The lowest BCUT2D eigenvalue weighted by Crippen LogP contribution is -2.46. The maximum atomic E-state index is 12.4. The number of nitrogens with one attached hydrogen (secondary N) is 2. The molecule has 1 amide bonds. The van der Waals surface area contributed by atoms with Crippen LogP contribution in [0.3, 0.4) is 0 Å². The number of aromatic nitrogens is 2. The topological polar surface area (TPSA) is 78.0 Å². The third-order valence-corrected chi connectivity index (χ3v) is 3.58. The van der Waals surface area contributed by atoms with Crippen molar-refractivity contribution in [2.24, 2.45) is 0 Å². The summed E-state index contributed by atoms with van der Waals surface area (Å²) in [6.45, 7) is 3.99. The lowest BCUT2D eigenvalue weighted by atomic mass is 9.94. The van der Waals surface area contributed by atoms with Gasteiger partial charge in [0.2, 0.25) is 0 Å². The maximum Gasteiger partial charge on any atom is 0.253 e. The fourth-order valence-electron chi connectivity index (χ4n) is 2.07. The van der Waals surface area contributed by atoms with Crippen LogP contribution in [-0.2, 0) is 0 Å². The number of aliphatic hydroxyl groups excluding tert-OH is 1. The summed E-state index contributed by atoms with van der Waals surface area (Å²) in [4.78, 5) is 12.4. The highest BCUT2D eigenvalue weighted by molar-refractivity contribution is 6.05. The Bertz CT molecular complexity index is 579. The van der Waals surface area contributed by atoms with Crippen molar-refractivity contribution in [3.8, 4) is 0 Å². The summed E-state index contributed by atoms with van der Waals surface area (Å²) in [6, 6.07) is 5.51. The third kappa shape index (κ3) is 2.76. The molecule has 5 nitrogen and oxygen atoms in total. The molecule has 0 aliphatic rings. The molecule has 0 aliphatic heterocycles. The van der Waals surface area contributed by atoms with E-state index in [0.717, 1.165) is 17.3 Å². The number of amides is 1. The number of benzene rings is 1. The average molecular weight is 261 g/mol. The molecule has 0 fully saturated rings. The van der Waals surface area contributed by atoms with Gasteiger partial charge < -0.3 is 10.4 Å². The first-order valence-corrected chi connectivity index (χ1v) is 6.45. The second-order valence-electron chi connectivity index (χ2n) is 4.98. The van der Waals surface area contributed by atoms with Crippen molar-refractivity contribution in [2.45, 2.75) is 32.2 Å². The number of carbonyl (C=O) groups is 1. The maximum absolute atomic E-state index is 12.4. The molecule has 3 N–H and O–H groups in total. The van der Waals surface area contributed by atoms with Gasteiger partial charge in [0.1, 0.15) is 0 Å². The number of nitrogens with zero attached hydrogens (tertiary/aromatic N) is 1. The predicted molar refractivity (Wildman–Crippen MR) is 74.0 cm³/mol. The van der Waals surface area contributed by atoms with Crippen molar-refractivity contribution >= 4 is 16.8 Å². The van der Waals surface area contributed by atoms with Gasteiger partial charge in [0, 0.05) is 17.5 Å². The number of fused-ring (bicyclic) bond motifs is 1. The van der Waals surface area contributed by atoms with Gasteiger partial charge in [-0.15, -0.1) is 0 Å². The van der Waals surface area contributed by atoms with E-state index in [9.17, 15) is 4.79 Å². The summed E-state index contributed by atoms with van der Waals surface area (Å²) >= 11 is 0. The molecule has 2 rings (SSSR count). The van der Waals surface area contributed by atoms with Gasteiger partial charge in [0.05, 0.1) is 17.3 Å². The molecule has 0 aliphatic carbocycles. The van der Waals surface area contributed by atoms with E-state index in [2.05, 4.69) is 15.5 Å². The molecule has 1 atom stereocenters. The number of aromatic amines is 1. The first kappa shape index (κ1) is 13.5. The van der Waals surface area contributed by atoms with Crippen molar-refractivity contribution in [3.63, 3.8) is 0 Å². The molecule has 0 radical (unpaired) electrons. The number of aliphatic hydroxyl groups is 1. The van der Waals surface area contributed by atoms with Crippen molar-refractivity contribution in [3.05, 3.63) is 30.0 Å². The Morgan fingerprint density at radius 2 is 2.32 bits per heavy atom. The molecule has 19 heavy (non-hydrogen) atoms. The molecule has 0 saturated heterocycles. The van der Waals surface area contributed by atoms with E-state index in [1.165, 1.54) is 0 Å². The van der Waals surface area contributed by atoms with Crippen LogP contribution in [0.2, 0.25) is 0 Å². The van der Waals surface area contributed by atoms with Crippen LogP contribution >= 0.6 is 0 Å². The zero-order valence-corrected chi connectivity index (χ0v) is 11.2. The Kier molecular flexibility index (Phi) is 3.85. The second kappa shape index (κ2) is 5.40. The Balaban J connectivity index is 2.27. The van der Waals surface area contributed by atoms with Gasteiger partial charge in [-0.3, -0.25) is 9.89 Å². The van der Waals surface area contributed by atoms with Crippen LogP contribution in [-0.4, -0.2) is 33.4 Å². The smallest absolute Gasteiger partial charge is 0.253 e. The fourth-order valence-corrected chi connectivity index (χ4v) is 2.07. The average Bonchev–Trinajstić information content (AvgIpc) is 2.86. The minimum Gasteiger partial charge on any atom is -0.396 e. The van der Waals surface area contributed by atoms with Crippen molar-refractivity contribution < 1.29 is 9.90 Å². The molecule has 2 aromatic rings. The monoisotopic (exact) mass is 261 g/mol. The van der Waals surface area contributed by atoms with Crippen LogP contribution in [0.4, 0.5) is 0 Å². The van der Waals surface area contributed by atoms with E-state index in [1.54, 1.807) is 12.3 Å². The van der Waals surface area contributed by atoms with Crippen LogP contribution in [0, 0.1) is 0 Å². The molecule has 5 heteroatoms. The lowest BCUT2D eigenvalue weighted by molar-refractivity contribution is 0.0887. The number of H-pyrrole nitrogens is 1. The standard InChI is InChI=1S/C14H19N3O2/c1-3-14(2,7-8-18)16-13(19)11-6-4-5-10-9-15-17-12(10)11/h4-6,9,18H,3,7-8H2,1-2H3,(H,15,17)(H,16,19). The van der Waals surface area contributed by atoms with Crippen LogP contribution in [0.15, 0.2) is 24.4 Å². The molecule has 1 aromatic heterocycles. The molecular formula is C14H19N3O2. The highest BCUT2D eigenvalue weighted by Crippen LogP contribution is 2.19. The largest absolute Gasteiger partial charge is 0.396 e. The van der Waals surface area contributed by atoms with Crippen LogP contribution in [0.25, 0.3) is 10.9 Å². The van der Waals surface area contributed by atoms with E-state index in [4.69, 9.17) is 5.11 Å². The number of carbonyl (C=O) groups excluding carboxylic acids is 1. The normalized spacial score (nSPS) is 14.3. The van der Waals surface area contributed by atoms with Crippen molar-refractivity contribution in [2.75, 3.05) is 6.61 Å². The Hall–Kier alpha value is -1.88. The molecule has 1 aromatic carbocycles. The van der Waals surface area contributed by atoms with E-state index in [1.807, 2.05) is 26.0 Å². The number of hydrogen-bond donors (Lipinski definition) is 3. The Labute approximate surface area is 112 Å². The van der Waals surface area contributed by atoms with E-state index in [-0.39, 0.29) is 12.5 Å². The molecule has 102 valence electrons. The van der Waals surface area contributed by atoms with Gasteiger partial charge in [-0.05, 0) is 25.8 Å². The second-order valence-corrected chi connectivity index (χ2v) is 4.98. The van der Waals surface area contributed by atoms with Crippen molar-refractivity contribution in [1.82, 2.24) is 15.5 Å². The summed E-state index contributed by atoms with van der Waals surface area (Å²) in [7, 11) is 0. The van der Waals surface area contributed by atoms with Crippen LogP contribution in [0.1, 0.15) is 37.0 Å². The van der Waals surface area contributed by atoms with E-state index in [0.29, 0.717) is 12.0 Å². The van der Waals surface area contributed by atoms with Gasteiger partial charge in [-0.25, -0.2) is 0 Å². The lowest BCUT2D eigenvalue weighted by Gasteiger charge is -2.29. The first-order chi connectivity index (χ1) is 9.09. The third-order valence-electron chi connectivity index (χ3n) is 3.58. The quantitative estimate of drug-likeness (QED) is 0.768. The summed E-state index contributed by atoms with van der Waals surface area (Å²) < 4.78 is 0. The van der Waals surface area contributed by atoms with Gasteiger partial charge >= 0.3 is 0 Å². The molecule has 0 spiro atoms. The number of para-hydroxylation sites is 1. The Morgan fingerprint density at radius 1 is 1.53 bits per heavy atom. The highest BCUT2D eigenvalue weighted by atomic mass is 16.3. The first-order valence-electron chi connectivity index (χ1n) is 6.45. The molecule has 0 bridgehead atoms. The molecular weight excluding hydrogens is 242 g/mol. The number of hydrogen-bond acceptors (Lipinski definition) is 3. The summed E-state index contributed by atoms with van der Waals surface area (Å²) in [5, 5.41) is 19.8. The van der Waals surface area contributed by atoms with Crippen molar-refractivity contribution in [1.29, 1.82) is 0 Å². The molecule has 0 saturated carbocycles. The molecule has 1 heterocycles. The zero-order chi connectivity index (χ0) is 13.9. The Morgan fingerprint density at radius 3 is 3.00 bits per heavy atom. The van der Waals surface area contributed by atoms with Crippen LogP contribution in [0.5, 0.6) is 0 Å². The fraction of sp³-hybridized carbons (Fsp3) is 0.429. The number of rotatable bonds is 5. The van der Waals surface area contributed by atoms with E-state index >= 15 is 0 Å². The van der Waals surface area contributed by atoms with Gasteiger partial charge in [-0.2, -0.15) is 5.10 Å². The predicted octanol–water partition coefficient (Wildman–Crippen LogP) is 1.84. The highest BCUT2D eigenvalue weighted by Gasteiger charge is 2.25. The van der Waals surface area contributed by atoms with E-state index < -0.39 is 5.54 Å². The van der Waals surface area contributed by atoms with Crippen LogP contribution < -0.4 is 5.32 Å². The summed E-state index contributed by atoms with van der Waals surface area (Å²) in [5.41, 5.74) is 0.920. The molecule has 1 unspecified atom stereocenters. The van der Waals surface area contributed by atoms with Gasteiger partial charge in [0.15, 0.2) is 0 Å². The SMILES string of the molecule is CCC(C)(CCO)NC(=O)c1cccc2cn[nH]c12. The minimum atomic E-state index is -0.395. The van der Waals surface area contributed by atoms with Gasteiger partial charge in [0.25, 0.3) is 5.91 Å². The minimum absolute atomic E-state index is 0.0544. The summed E-state index contributed by atoms with van der Waals surface area (Å²) in [5.74, 6) is -0.146. The summed E-state index contributed by atoms with van der Waals surface area (Å²) in [6.07, 6.45) is 2.99. The van der Waals surface area contributed by atoms with Gasteiger partial charge in [-0.1, -0.05) is 19.1 Å². The zero-order valence-electron chi connectivity index (χ0n) is 11.2.